The normalized spacial score (nSPS) is 10.6. The van der Waals surface area contributed by atoms with Crippen molar-refractivity contribution in [2.24, 2.45) is 0 Å². The molecule has 1 heterocycles. The smallest absolute Gasteiger partial charge is 0.294 e. The Morgan fingerprint density at radius 2 is 1.67 bits per heavy atom. The van der Waals surface area contributed by atoms with Crippen molar-refractivity contribution in [2.75, 3.05) is 21.3 Å². The van der Waals surface area contributed by atoms with Gasteiger partial charge in [-0.05, 0) is 29.8 Å². The Balaban J connectivity index is 2.25. The highest BCUT2D eigenvalue weighted by atomic mass is 16.5. The molecule has 1 aromatic heterocycles. The Morgan fingerprint density at radius 1 is 0.917 bits per heavy atom. The van der Waals surface area contributed by atoms with Crippen molar-refractivity contribution >= 4 is 11.0 Å². The molecule has 0 amide bonds. The van der Waals surface area contributed by atoms with E-state index in [0.717, 1.165) is 0 Å². The Labute approximate surface area is 137 Å². The second-order valence-electron chi connectivity index (χ2n) is 5.04. The molecule has 0 bridgehead atoms. The molecular weight excluding hydrogens is 312 g/mol. The minimum absolute atomic E-state index is 0.0635. The van der Waals surface area contributed by atoms with Crippen LogP contribution in [0.3, 0.4) is 0 Å². The average Bonchev–Trinajstić information content (AvgIpc) is 2.60. The van der Waals surface area contributed by atoms with Crippen LogP contribution in [0, 0.1) is 0 Å². The van der Waals surface area contributed by atoms with Crippen molar-refractivity contribution in [1.82, 2.24) is 0 Å². The SMILES string of the molecule is COc1ccc2c(=O)c(-c3ccc(OC)c(OC)c3)c(O)oc2c1. The van der Waals surface area contributed by atoms with Crippen LogP contribution >= 0.6 is 0 Å². The first kappa shape index (κ1) is 15.7. The minimum atomic E-state index is -0.465. The molecular formula is C18H16O6. The zero-order valence-corrected chi connectivity index (χ0v) is 13.5. The molecule has 0 saturated carbocycles. The van der Waals surface area contributed by atoms with E-state index in [2.05, 4.69) is 0 Å². The van der Waals surface area contributed by atoms with Crippen LogP contribution in [0.1, 0.15) is 0 Å². The molecule has 0 atom stereocenters. The summed E-state index contributed by atoms with van der Waals surface area (Å²) in [5.74, 6) is 1.04. The maximum atomic E-state index is 12.8. The molecule has 6 heteroatoms. The van der Waals surface area contributed by atoms with Gasteiger partial charge in [0.2, 0.25) is 5.43 Å². The van der Waals surface area contributed by atoms with Crippen molar-refractivity contribution in [3.63, 3.8) is 0 Å². The predicted molar refractivity (Wildman–Crippen MR) is 89.2 cm³/mol. The topological polar surface area (TPSA) is 78.1 Å². The molecule has 0 spiro atoms. The summed E-state index contributed by atoms with van der Waals surface area (Å²) < 4.78 is 20.9. The van der Waals surface area contributed by atoms with Crippen molar-refractivity contribution in [2.45, 2.75) is 0 Å². The van der Waals surface area contributed by atoms with Crippen molar-refractivity contribution in [1.29, 1.82) is 0 Å². The summed E-state index contributed by atoms with van der Waals surface area (Å²) in [7, 11) is 4.53. The molecule has 2 aromatic carbocycles. The number of benzene rings is 2. The van der Waals surface area contributed by atoms with Crippen LogP contribution in [0.2, 0.25) is 0 Å². The highest BCUT2D eigenvalue weighted by Gasteiger charge is 2.18. The Bertz CT molecular complexity index is 958. The molecule has 0 fully saturated rings. The van der Waals surface area contributed by atoms with Gasteiger partial charge in [-0.1, -0.05) is 6.07 Å². The first-order chi connectivity index (χ1) is 11.6. The Hall–Kier alpha value is -3.15. The number of rotatable bonds is 4. The second kappa shape index (κ2) is 6.16. The number of ether oxygens (including phenoxy) is 3. The van der Waals surface area contributed by atoms with Gasteiger partial charge in [0.05, 0.1) is 26.7 Å². The van der Waals surface area contributed by atoms with E-state index in [-0.39, 0.29) is 16.6 Å². The fraction of sp³-hybridized carbons (Fsp3) is 0.167. The van der Waals surface area contributed by atoms with E-state index in [0.29, 0.717) is 28.2 Å². The summed E-state index contributed by atoms with van der Waals surface area (Å²) in [6, 6.07) is 9.74. The molecule has 0 radical (unpaired) electrons. The number of hydrogen-bond acceptors (Lipinski definition) is 6. The van der Waals surface area contributed by atoms with Gasteiger partial charge in [-0.3, -0.25) is 4.79 Å². The maximum absolute atomic E-state index is 12.8. The van der Waals surface area contributed by atoms with Crippen LogP contribution in [0.4, 0.5) is 0 Å². The molecule has 124 valence electrons. The number of fused-ring (bicyclic) bond motifs is 1. The van der Waals surface area contributed by atoms with Gasteiger partial charge in [0, 0.05) is 6.07 Å². The fourth-order valence-electron chi connectivity index (χ4n) is 2.53. The number of aromatic hydroxyl groups is 1. The molecule has 0 unspecified atom stereocenters. The van der Waals surface area contributed by atoms with Gasteiger partial charge in [-0.2, -0.15) is 0 Å². The molecule has 1 N–H and O–H groups in total. The van der Waals surface area contributed by atoms with Crippen LogP contribution in [-0.2, 0) is 0 Å². The van der Waals surface area contributed by atoms with Gasteiger partial charge in [-0.15, -0.1) is 0 Å². The number of methoxy groups -OCH3 is 3. The van der Waals surface area contributed by atoms with E-state index in [4.69, 9.17) is 18.6 Å². The molecule has 6 nitrogen and oxygen atoms in total. The van der Waals surface area contributed by atoms with Gasteiger partial charge in [0.15, 0.2) is 11.5 Å². The molecule has 0 aliphatic rings. The first-order valence-electron chi connectivity index (χ1n) is 7.15. The van der Waals surface area contributed by atoms with Crippen molar-refractivity contribution in [3.05, 3.63) is 46.6 Å². The Kier molecular flexibility index (Phi) is 4.04. The summed E-state index contributed by atoms with van der Waals surface area (Å²) in [6.45, 7) is 0. The van der Waals surface area contributed by atoms with E-state index in [1.807, 2.05) is 0 Å². The van der Waals surface area contributed by atoms with Gasteiger partial charge in [0.25, 0.3) is 5.95 Å². The minimum Gasteiger partial charge on any atom is -0.497 e. The van der Waals surface area contributed by atoms with Crippen LogP contribution < -0.4 is 19.6 Å². The molecule has 0 aliphatic heterocycles. The third-order valence-corrected chi connectivity index (χ3v) is 3.75. The van der Waals surface area contributed by atoms with Gasteiger partial charge < -0.3 is 23.7 Å². The van der Waals surface area contributed by atoms with Crippen LogP contribution in [-0.4, -0.2) is 26.4 Å². The van der Waals surface area contributed by atoms with E-state index in [1.54, 1.807) is 36.4 Å². The third-order valence-electron chi connectivity index (χ3n) is 3.75. The fourth-order valence-corrected chi connectivity index (χ4v) is 2.53. The summed E-state index contributed by atoms with van der Waals surface area (Å²) in [4.78, 5) is 12.8. The van der Waals surface area contributed by atoms with E-state index in [9.17, 15) is 9.90 Å². The van der Waals surface area contributed by atoms with E-state index >= 15 is 0 Å². The molecule has 3 aromatic rings. The predicted octanol–water partition coefficient (Wildman–Crippen LogP) is 3.19. The third kappa shape index (κ3) is 2.52. The zero-order chi connectivity index (χ0) is 17.3. The summed E-state index contributed by atoms with van der Waals surface area (Å²) >= 11 is 0. The first-order valence-corrected chi connectivity index (χ1v) is 7.15. The van der Waals surface area contributed by atoms with Gasteiger partial charge in [0.1, 0.15) is 16.9 Å². The summed E-state index contributed by atoms with van der Waals surface area (Å²) in [5.41, 5.74) is 0.440. The molecule has 3 rings (SSSR count). The maximum Gasteiger partial charge on any atom is 0.294 e. The highest BCUT2D eigenvalue weighted by Crippen LogP contribution is 2.36. The lowest BCUT2D eigenvalue weighted by molar-refractivity contribution is 0.340. The van der Waals surface area contributed by atoms with E-state index < -0.39 is 5.95 Å². The van der Waals surface area contributed by atoms with Crippen LogP contribution in [0.5, 0.6) is 23.2 Å². The highest BCUT2D eigenvalue weighted by molar-refractivity contribution is 5.85. The molecule has 24 heavy (non-hydrogen) atoms. The largest absolute Gasteiger partial charge is 0.497 e. The summed E-state index contributed by atoms with van der Waals surface area (Å²) in [5, 5.41) is 10.6. The average molecular weight is 328 g/mol. The quantitative estimate of drug-likeness (QED) is 0.792. The second-order valence-corrected chi connectivity index (χ2v) is 5.04. The number of hydrogen-bond donors (Lipinski definition) is 1. The Morgan fingerprint density at radius 3 is 2.33 bits per heavy atom. The van der Waals surface area contributed by atoms with Gasteiger partial charge >= 0.3 is 0 Å². The molecule has 0 saturated heterocycles. The molecule has 0 aliphatic carbocycles. The lowest BCUT2D eigenvalue weighted by Gasteiger charge is -2.10. The monoisotopic (exact) mass is 328 g/mol. The lowest BCUT2D eigenvalue weighted by atomic mass is 10.0. The van der Waals surface area contributed by atoms with E-state index in [1.165, 1.54) is 21.3 Å². The summed E-state index contributed by atoms with van der Waals surface area (Å²) in [6.07, 6.45) is 0. The lowest BCUT2D eigenvalue weighted by Crippen LogP contribution is -2.06. The van der Waals surface area contributed by atoms with Gasteiger partial charge in [-0.25, -0.2) is 0 Å². The van der Waals surface area contributed by atoms with Crippen LogP contribution in [0.15, 0.2) is 45.6 Å². The standard InChI is InChI=1S/C18H16O6/c1-21-11-5-6-12-14(9-11)24-18(20)16(17(12)19)10-4-7-13(22-2)15(8-10)23-3/h4-9,20H,1-3H3. The van der Waals surface area contributed by atoms with Crippen molar-refractivity contribution in [3.8, 4) is 34.3 Å². The zero-order valence-electron chi connectivity index (χ0n) is 13.5. The van der Waals surface area contributed by atoms with Crippen molar-refractivity contribution < 1.29 is 23.7 Å². The van der Waals surface area contributed by atoms with Crippen LogP contribution in [0.25, 0.3) is 22.1 Å².